The normalized spacial score (nSPS) is 34.8. The highest BCUT2D eigenvalue weighted by atomic mass is 16.5. The molecule has 1 N–H and O–H groups in total. The summed E-state index contributed by atoms with van der Waals surface area (Å²) in [6.45, 7) is 1.72. The first-order valence-corrected chi connectivity index (χ1v) is 7.80. The molecule has 0 aromatic heterocycles. The molecular formula is C15H29NO2. The number of rotatable bonds is 4. The highest BCUT2D eigenvalue weighted by Gasteiger charge is 2.24. The SMILES string of the molecule is CNC1CCCCCCC1OCC1CCCCO1. The number of hydrogen-bond acceptors (Lipinski definition) is 3. The van der Waals surface area contributed by atoms with Gasteiger partial charge in [-0.1, -0.05) is 25.7 Å². The van der Waals surface area contributed by atoms with Crippen LogP contribution in [-0.2, 0) is 9.47 Å². The Morgan fingerprint density at radius 1 is 1.00 bits per heavy atom. The Labute approximate surface area is 112 Å². The lowest BCUT2D eigenvalue weighted by atomic mass is 9.94. The Hall–Kier alpha value is -0.120. The molecule has 3 unspecified atom stereocenters. The smallest absolute Gasteiger partial charge is 0.0808 e. The first-order valence-electron chi connectivity index (χ1n) is 7.80. The summed E-state index contributed by atoms with van der Waals surface area (Å²) in [5, 5.41) is 3.44. The second-order valence-electron chi connectivity index (χ2n) is 5.75. The van der Waals surface area contributed by atoms with Gasteiger partial charge in [0.1, 0.15) is 0 Å². The van der Waals surface area contributed by atoms with E-state index in [-0.39, 0.29) is 0 Å². The van der Waals surface area contributed by atoms with Crippen molar-refractivity contribution in [2.45, 2.75) is 76.0 Å². The summed E-state index contributed by atoms with van der Waals surface area (Å²) in [4.78, 5) is 0. The van der Waals surface area contributed by atoms with Gasteiger partial charge in [0, 0.05) is 12.6 Å². The summed E-state index contributed by atoms with van der Waals surface area (Å²) in [5.74, 6) is 0. The lowest BCUT2D eigenvalue weighted by molar-refractivity contribution is -0.0741. The average molecular weight is 255 g/mol. The molecule has 18 heavy (non-hydrogen) atoms. The number of likely N-dealkylation sites (N-methyl/N-ethyl adjacent to an activating group) is 1. The minimum atomic E-state index is 0.349. The highest BCUT2D eigenvalue weighted by molar-refractivity contribution is 4.79. The van der Waals surface area contributed by atoms with Crippen LogP contribution in [-0.4, -0.2) is 38.5 Å². The van der Waals surface area contributed by atoms with E-state index in [0.717, 1.165) is 13.2 Å². The fourth-order valence-electron chi connectivity index (χ4n) is 3.15. The molecule has 0 spiro atoms. The van der Waals surface area contributed by atoms with Crippen LogP contribution in [0.4, 0.5) is 0 Å². The van der Waals surface area contributed by atoms with E-state index in [9.17, 15) is 0 Å². The molecule has 1 saturated heterocycles. The molecule has 1 saturated carbocycles. The van der Waals surface area contributed by atoms with Crippen molar-refractivity contribution < 1.29 is 9.47 Å². The van der Waals surface area contributed by atoms with Crippen LogP contribution in [0.25, 0.3) is 0 Å². The molecule has 1 heterocycles. The molecule has 3 nitrogen and oxygen atoms in total. The van der Waals surface area contributed by atoms with E-state index in [0.29, 0.717) is 18.2 Å². The molecular weight excluding hydrogens is 226 g/mol. The van der Waals surface area contributed by atoms with Crippen LogP contribution in [0.15, 0.2) is 0 Å². The van der Waals surface area contributed by atoms with Crippen molar-refractivity contribution in [3.05, 3.63) is 0 Å². The van der Waals surface area contributed by atoms with Gasteiger partial charge in [-0.3, -0.25) is 0 Å². The molecule has 0 radical (unpaired) electrons. The van der Waals surface area contributed by atoms with Gasteiger partial charge in [0.2, 0.25) is 0 Å². The van der Waals surface area contributed by atoms with Crippen molar-refractivity contribution in [1.29, 1.82) is 0 Å². The molecule has 0 aromatic rings. The quantitative estimate of drug-likeness (QED) is 0.838. The zero-order valence-corrected chi connectivity index (χ0v) is 11.8. The summed E-state index contributed by atoms with van der Waals surface area (Å²) in [6.07, 6.45) is 12.3. The first kappa shape index (κ1) is 14.3. The van der Waals surface area contributed by atoms with Crippen LogP contribution in [0.2, 0.25) is 0 Å². The molecule has 3 heteroatoms. The fraction of sp³-hybridized carbons (Fsp3) is 1.00. The van der Waals surface area contributed by atoms with E-state index < -0.39 is 0 Å². The van der Waals surface area contributed by atoms with Gasteiger partial charge in [0.25, 0.3) is 0 Å². The molecule has 2 fully saturated rings. The molecule has 0 bridgehead atoms. The minimum Gasteiger partial charge on any atom is -0.376 e. The molecule has 1 aliphatic heterocycles. The Morgan fingerprint density at radius 2 is 1.78 bits per heavy atom. The van der Waals surface area contributed by atoms with Gasteiger partial charge in [-0.25, -0.2) is 0 Å². The summed E-state index contributed by atoms with van der Waals surface area (Å²) in [6, 6.07) is 0.536. The maximum atomic E-state index is 6.17. The summed E-state index contributed by atoms with van der Waals surface area (Å²) in [7, 11) is 2.07. The van der Waals surface area contributed by atoms with Gasteiger partial charge in [-0.15, -0.1) is 0 Å². The Kier molecular flexibility index (Phi) is 6.46. The molecule has 0 amide bonds. The predicted molar refractivity (Wildman–Crippen MR) is 73.9 cm³/mol. The summed E-state index contributed by atoms with van der Waals surface area (Å²) < 4.78 is 11.9. The van der Waals surface area contributed by atoms with E-state index >= 15 is 0 Å². The number of ether oxygens (including phenoxy) is 2. The maximum absolute atomic E-state index is 6.17. The van der Waals surface area contributed by atoms with Crippen molar-refractivity contribution in [2.24, 2.45) is 0 Å². The van der Waals surface area contributed by atoms with Gasteiger partial charge >= 0.3 is 0 Å². The Bertz CT molecular complexity index is 217. The van der Waals surface area contributed by atoms with Crippen LogP contribution in [0.5, 0.6) is 0 Å². The van der Waals surface area contributed by atoms with E-state index in [1.165, 1.54) is 57.8 Å². The third-order valence-electron chi connectivity index (χ3n) is 4.34. The van der Waals surface area contributed by atoms with Gasteiger partial charge in [-0.05, 0) is 39.2 Å². The molecule has 1 aliphatic carbocycles. The number of nitrogens with one attached hydrogen (secondary N) is 1. The lowest BCUT2D eigenvalue weighted by Gasteiger charge is -2.31. The van der Waals surface area contributed by atoms with Crippen molar-refractivity contribution in [2.75, 3.05) is 20.3 Å². The maximum Gasteiger partial charge on any atom is 0.0808 e. The topological polar surface area (TPSA) is 30.5 Å². The second kappa shape index (κ2) is 8.13. The fourth-order valence-corrected chi connectivity index (χ4v) is 3.15. The zero-order chi connectivity index (χ0) is 12.6. The summed E-state index contributed by atoms with van der Waals surface area (Å²) in [5.41, 5.74) is 0. The van der Waals surface area contributed by atoms with Gasteiger partial charge in [0.05, 0.1) is 18.8 Å². The van der Waals surface area contributed by atoms with Crippen LogP contribution in [0.1, 0.15) is 57.8 Å². The van der Waals surface area contributed by atoms with Crippen molar-refractivity contribution in [3.8, 4) is 0 Å². The lowest BCUT2D eigenvalue weighted by Crippen LogP contribution is -2.41. The predicted octanol–water partition coefficient (Wildman–Crippen LogP) is 2.88. The Morgan fingerprint density at radius 3 is 2.50 bits per heavy atom. The second-order valence-corrected chi connectivity index (χ2v) is 5.75. The molecule has 2 rings (SSSR count). The largest absolute Gasteiger partial charge is 0.376 e. The number of hydrogen-bond donors (Lipinski definition) is 1. The molecule has 106 valence electrons. The van der Waals surface area contributed by atoms with Gasteiger partial charge < -0.3 is 14.8 Å². The summed E-state index contributed by atoms with van der Waals surface area (Å²) >= 11 is 0. The van der Waals surface area contributed by atoms with E-state index in [1.54, 1.807) is 0 Å². The van der Waals surface area contributed by atoms with Crippen molar-refractivity contribution >= 4 is 0 Å². The minimum absolute atomic E-state index is 0.349. The van der Waals surface area contributed by atoms with Crippen LogP contribution < -0.4 is 5.32 Å². The van der Waals surface area contributed by atoms with E-state index in [4.69, 9.17) is 9.47 Å². The molecule has 3 atom stereocenters. The first-order chi connectivity index (χ1) is 8.90. The van der Waals surface area contributed by atoms with E-state index in [2.05, 4.69) is 12.4 Å². The Balaban J connectivity index is 1.75. The van der Waals surface area contributed by atoms with Gasteiger partial charge in [-0.2, -0.15) is 0 Å². The van der Waals surface area contributed by atoms with E-state index in [1.807, 2.05) is 0 Å². The zero-order valence-electron chi connectivity index (χ0n) is 11.8. The highest BCUT2D eigenvalue weighted by Crippen LogP contribution is 2.21. The van der Waals surface area contributed by atoms with Crippen molar-refractivity contribution in [3.63, 3.8) is 0 Å². The standard InChI is InChI=1S/C15H29NO2/c1-16-14-9-4-2-3-5-10-15(14)18-12-13-8-6-7-11-17-13/h13-16H,2-12H2,1H3. The van der Waals surface area contributed by atoms with Gasteiger partial charge in [0.15, 0.2) is 0 Å². The average Bonchev–Trinajstić information content (AvgIpc) is 2.39. The third kappa shape index (κ3) is 4.52. The van der Waals surface area contributed by atoms with Crippen LogP contribution >= 0.6 is 0 Å². The molecule has 0 aromatic carbocycles. The molecule has 2 aliphatic rings. The monoisotopic (exact) mass is 255 g/mol. The third-order valence-corrected chi connectivity index (χ3v) is 4.34. The van der Waals surface area contributed by atoms with Crippen molar-refractivity contribution in [1.82, 2.24) is 5.32 Å². The van der Waals surface area contributed by atoms with Crippen LogP contribution in [0.3, 0.4) is 0 Å². The van der Waals surface area contributed by atoms with Crippen LogP contribution in [0, 0.1) is 0 Å².